The molecule has 0 spiro atoms. The van der Waals surface area contributed by atoms with E-state index < -0.39 is 0 Å². The van der Waals surface area contributed by atoms with Crippen molar-refractivity contribution in [1.29, 1.82) is 0 Å². The van der Waals surface area contributed by atoms with Gasteiger partial charge < -0.3 is 9.38 Å². The number of fused-ring (bicyclic) bond motifs is 5. The molecule has 8 bridgehead atoms. The van der Waals surface area contributed by atoms with E-state index in [1.807, 2.05) is 54.6 Å². The molecular weight excluding hydrogens is 1090 g/mol. The molecule has 5 aromatic carbocycles. The molecule has 0 aliphatic carbocycles. The van der Waals surface area contributed by atoms with Crippen LogP contribution in [-0.4, -0.2) is 26.5 Å². The fourth-order valence-electron chi connectivity index (χ4n) is 9.57. The molecule has 15 heteroatoms. The van der Waals surface area contributed by atoms with E-state index in [-0.39, 0.29) is 0 Å². The molecule has 7 heterocycles. The Morgan fingerprint density at radius 1 is 0.343 bits per heavy atom. The molecule has 0 fully saturated rings. The molecule has 340 valence electrons. The number of benzene rings is 5. The number of rotatable bonds is 5. The van der Waals surface area contributed by atoms with E-state index in [4.69, 9.17) is 131 Å². The van der Waals surface area contributed by atoms with Gasteiger partial charge in [-0.3, -0.25) is 0 Å². The zero-order valence-electron chi connectivity index (χ0n) is 35.4. The smallest absolute Gasteiger partial charge is 0.0978 e. The average Bonchev–Trinajstić information content (AvgIpc) is 4.19. The fourth-order valence-corrected chi connectivity index (χ4v) is 12.5. The van der Waals surface area contributed by atoms with Crippen molar-refractivity contribution in [2.75, 3.05) is 0 Å². The van der Waals surface area contributed by atoms with E-state index in [1.54, 1.807) is 91.0 Å². The van der Waals surface area contributed by atoms with Crippen LogP contribution in [0.15, 0.2) is 166 Å². The highest BCUT2D eigenvalue weighted by molar-refractivity contribution is 6.48. The minimum atomic E-state index is 0.392. The highest BCUT2D eigenvalue weighted by Crippen LogP contribution is 2.48. The van der Waals surface area contributed by atoms with Crippen molar-refractivity contribution in [2.24, 2.45) is 15.0 Å². The summed E-state index contributed by atoms with van der Waals surface area (Å²) in [6.45, 7) is 0. The molecule has 0 atom stereocenters. The average molecular weight is 1110 g/mol. The van der Waals surface area contributed by atoms with E-state index in [0.29, 0.717) is 162 Å². The second-order valence-electron chi connectivity index (χ2n) is 16.4. The highest BCUT2D eigenvalue weighted by atomic mass is 35.5. The summed E-state index contributed by atoms with van der Waals surface area (Å²) < 4.78 is 2.10. The van der Waals surface area contributed by atoms with Gasteiger partial charge in [-0.05, 0) is 115 Å². The van der Waals surface area contributed by atoms with Gasteiger partial charge in [-0.25, -0.2) is 15.0 Å². The monoisotopic (exact) mass is 1100 g/mol. The lowest BCUT2D eigenvalue weighted by Crippen LogP contribution is -2.22. The molecular formula is C55H25Cl10N5. The molecule has 5 nitrogen and oxygen atoms in total. The Morgan fingerprint density at radius 3 is 1.20 bits per heavy atom. The van der Waals surface area contributed by atoms with Gasteiger partial charge in [0.15, 0.2) is 0 Å². The summed E-state index contributed by atoms with van der Waals surface area (Å²) in [6, 6.07) is 34.8. The van der Waals surface area contributed by atoms with Crippen LogP contribution >= 0.6 is 116 Å². The molecule has 0 amide bonds. The van der Waals surface area contributed by atoms with Gasteiger partial charge in [0.05, 0.1) is 101 Å². The van der Waals surface area contributed by atoms with Crippen LogP contribution in [0.5, 0.6) is 0 Å². The standard InChI is InChI=1S/C55H25Cl10N5/c56-25-6-1-7-26(57)45(25)50-35-16-17-36(66-35)51(46-27(58)8-2-9-28(46)59)38-20-21-40(68-38)53(48-31(62)12-4-13-32(48)63)42-22-23-43-54(49-33(64)14-5-15-34(49)65)55-44(70(42)43)24-41(69-55)52(39-19-18-37(50)67-39)47-29(60)10-3-11-30(47)61/h1-24,67H. The van der Waals surface area contributed by atoms with Gasteiger partial charge in [0, 0.05) is 66.4 Å². The van der Waals surface area contributed by atoms with E-state index in [9.17, 15) is 0 Å². The van der Waals surface area contributed by atoms with Gasteiger partial charge in [0.1, 0.15) is 0 Å². The topological polar surface area (TPSA) is 57.3 Å². The summed E-state index contributed by atoms with van der Waals surface area (Å²) in [5.74, 6) is 0. The predicted octanol–water partition coefficient (Wildman–Crippen LogP) is 16.4. The van der Waals surface area contributed by atoms with Crippen molar-refractivity contribution in [2.45, 2.75) is 0 Å². The first-order valence-corrected chi connectivity index (χ1v) is 25.1. The Hall–Kier alpha value is -5.25. The van der Waals surface area contributed by atoms with Crippen LogP contribution in [0.1, 0.15) is 27.9 Å². The highest BCUT2D eigenvalue weighted by Gasteiger charge is 2.32. The fraction of sp³-hybridized carbons (Fsp3) is 0. The van der Waals surface area contributed by atoms with Crippen LogP contribution in [0.25, 0.3) is 45.0 Å². The van der Waals surface area contributed by atoms with Gasteiger partial charge in [-0.2, -0.15) is 0 Å². The van der Waals surface area contributed by atoms with E-state index >= 15 is 0 Å². The molecule has 0 saturated carbocycles. The minimum absolute atomic E-state index is 0.392. The molecule has 8 aromatic rings. The molecule has 12 rings (SSSR count). The van der Waals surface area contributed by atoms with Crippen LogP contribution in [0.2, 0.25) is 50.2 Å². The Kier molecular flexibility index (Phi) is 11.7. The molecule has 3 aromatic heterocycles. The van der Waals surface area contributed by atoms with E-state index in [2.05, 4.69) is 9.38 Å². The quantitative estimate of drug-likeness (QED) is 0.179. The lowest BCUT2D eigenvalue weighted by molar-refractivity contribution is 1.14. The minimum Gasteiger partial charge on any atom is -0.354 e. The lowest BCUT2D eigenvalue weighted by Gasteiger charge is -2.15. The summed E-state index contributed by atoms with van der Waals surface area (Å²) in [6.07, 6.45) is 9.61. The summed E-state index contributed by atoms with van der Waals surface area (Å²) in [4.78, 5) is 19.9. The van der Waals surface area contributed by atoms with E-state index in [0.717, 1.165) is 5.52 Å². The van der Waals surface area contributed by atoms with Gasteiger partial charge in [-0.1, -0.05) is 146 Å². The lowest BCUT2D eigenvalue weighted by atomic mass is 9.98. The Morgan fingerprint density at radius 2 is 0.729 bits per heavy atom. The van der Waals surface area contributed by atoms with Gasteiger partial charge in [0.25, 0.3) is 0 Å². The number of nitrogens with one attached hydrogen (secondary N) is 1. The number of aromatic amines is 1. The SMILES string of the molecule is Clc1cccc(Cl)c1C1=C2C=CC(=N2)C(c2c(Cl)cccc2Cl)=c2ccc([nH]2)=C(c2c(Cl)cccc2Cl)C2=Nc3c(-c4c(Cl)cccc4Cl)c4ccc(n4c3=C2)C(c2c(Cl)cccc2Cl)=C2C=CC1=N2. The number of aliphatic imine (C=N–C) groups is 3. The Balaban J connectivity index is 1.31. The number of halogens is 10. The van der Waals surface area contributed by atoms with Crippen LogP contribution in [0, 0.1) is 0 Å². The molecule has 4 aliphatic heterocycles. The zero-order chi connectivity index (χ0) is 48.3. The van der Waals surface area contributed by atoms with Crippen molar-refractivity contribution in [3.05, 3.63) is 245 Å². The molecule has 0 saturated heterocycles. The summed E-state index contributed by atoms with van der Waals surface area (Å²) in [5.41, 5.74) is 10.5. The summed E-state index contributed by atoms with van der Waals surface area (Å²) >= 11 is 71.4. The normalized spacial score (nSPS) is 15.1. The van der Waals surface area contributed by atoms with Crippen LogP contribution in [0.4, 0.5) is 5.69 Å². The third-order valence-corrected chi connectivity index (χ3v) is 15.6. The summed E-state index contributed by atoms with van der Waals surface area (Å²) in [7, 11) is 0. The van der Waals surface area contributed by atoms with Crippen molar-refractivity contribution >= 4 is 173 Å². The number of hydrogen-bond donors (Lipinski definition) is 1. The van der Waals surface area contributed by atoms with Gasteiger partial charge in [-0.15, -0.1) is 0 Å². The Labute approximate surface area is 449 Å². The molecule has 1 N–H and O–H groups in total. The Bertz CT molecular complexity index is 4020. The number of H-pyrrole nitrogens is 1. The number of hydrogen-bond acceptors (Lipinski definition) is 3. The van der Waals surface area contributed by atoms with Crippen LogP contribution in [-0.2, 0) is 0 Å². The first-order chi connectivity index (χ1) is 33.9. The largest absolute Gasteiger partial charge is 0.354 e. The van der Waals surface area contributed by atoms with Crippen molar-refractivity contribution in [3.63, 3.8) is 0 Å². The first kappa shape index (κ1) is 45.9. The third kappa shape index (κ3) is 7.32. The summed E-state index contributed by atoms with van der Waals surface area (Å²) in [5, 5.41) is 6.00. The van der Waals surface area contributed by atoms with Gasteiger partial charge >= 0.3 is 0 Å². The number of aromatic nitrogens is 2. The molecule has 4 aliphatic rings. The van der Waals surface area contributed by atoms with Crippen LogP contribution < -0.4 is 16.0 Å². The second-order valence-corrected chi connectivity index (χ2v) is 20.5. The molecule has 0 radical (unpaired) electrons. The maximum absolute atomic E-state index is 7.21. The third-order valence-electron chi connectivity index (χ3n) is 12.5. The maximum atomic E-state index is 7.21. The zero-order valence-corrected chi connectivity index (χ0v) is 43.0. The van der Waals surface area contributed by atoms with Crippen LogP contribution in [0.3, 0.4) is 0 Å². The van der Waals surface area contributed by atoms with E-state index in [1.165, 1.54) is 0 Å². The predicted molar refractivity (Wildman–Crippen MR) is 297 cm³/mol. The van der Waals surface area contributed by atoms with Gasteiger partial charge in [0.2, 0.25) is 0 Å². The first-order valence-electron chi connectivity index (χ1n) is 21.3. The van der Waals surface area contributed by atoms with Crippen molar-refractivity contribution in [1.82, 2.24) is 9.38 Å². The number of nitrogens with zero attached hydrogens (tertiary/aromatic N) is 4. The van der Waals surface area contributed by atoms with Crippen molar-refractivity contribution in [3.8, 4) is 11.1 Å². The van der Waals surface area contributed by atoms with Crippen molar-refractivity contribution < 1.29 is 0 Å². The maximum Gasteiger partial charge on any atom is 0.0978 e. The molecule has 0 unspecified atom stereocenters. The second kappa shape index (κ2) is 17.8. The number of allylic oxidation sites excluding steroid dienone is 5. The molecule has 70 heavy (non-hydrogen) atoms.